The van der Waals surface area contributed by atoms with E-state index < -0.39 is 0 Å². The van der Waals surface area contributed by atoms with Crippen molar-refractivity contribution in [2.75, 3.05) is 31.6 Å². The lowest BCUT2D eigenvalue weighted by molar-refractivity contribution is 0.0793. The molecule has 3 rings (SSSR count). The van der Waals surface area contributed by atoms with Gasteiger partial charge < -0.3 is 15.0 Å². The first-order chi connectivity index (χ1) is 12.1. The molecule has 0 radical (unpaired) electrons. The van der Waals surface area contributed by atoms with E-state index in [4.69, 9.17) is 16.3 Å². The molecule has 6 heteroatoms. The van der Waals surface area contributed by atoms with Crippen LogP contribution in [0.5, 0.6) is 5.75 Å². The Balaban J connectivity index is 1.60. The summed E-state index contributed by atoms with van der Waals surface area (Å²) in [5, 5.41) is 3.78. The first-order valence-corrected chi connectivity index (χ1v) is 8.72. The number of anilines is 1. The molecule has 1 fully saturated rings. The highest BCUT2D eigenvalue weighted by Crippen LogP contribution is 2.24. The van der Waals surface area contributed by atoms with Crippen molar-refractivity contribution in [3.8, 4) is 5.75 Å². The molecule has 0 atom stereocenters. The summed E-state index contributed by atoms with van der Waals surface area (Å²) in [4.78, 5) is 14.5. The molecule has 0 aromatic heterocycles. The smallest absolute Gasteiger partial charge is 0.255 e. The molecule has 4 nitrogen and oxygen atoms in total. The summed E-state index contributed by atoms with van der Waals surface area (Å²) in [7, 11) is 0. The third-order valence-electron chi connectivity index (χ3n) is 4.11. The van der Waals surface area contributed by atoms with Gasteiger partial charge >= 0.3 is 0 Å². The number of carbonyl (C=O) groups excluding carboxylic acids is 1. The summed E-state index contributed by atoms with van der Waals surface area (Å²) in [5.41, 5.74) is 1.32. The van der Waals surface area contributed by atoms with Gasteiger partial charge in [0.25, 0.3) is 5.91 Å². The van der Waals surface area contributed by atoms with Crippen molar-refractivity contribution >= 4 is 23.2 Å². The summed E-state index contributed by atoms with van der Waals surface area (Å²) >= 11 is 6.07. The van der Waals surface area contributed by atoms with Gasteiger partial charge in [-0.1, -0.05) is 11.6 Å². The van der Waals surface area contributed by atoms with E-state index in [2.05, 4.69) is 5.32 Å². The number of rotatable bonds is 6. The second-order valence-electron chi connectivity index (χ2n) is 5.92. The van der Waals surface area contributed by atoms with Crippen molar-refractivity contribution in [2.45, 2.75) is 12.8 Å². The lowest BCUT2D eigenvalue weighted by Gasteiger charge is -2.18. The van der Waals surface area contributed by atoms with Crippen LogP contribution in [0.1, 0.15) is 23.2 Å². The van der Waals surface area contributed by atoms with Gasteiger partial charge in [0, 0.05) is 30.3 Å². The zero-order chi connectivity index (χ0) is 17.6. The minimum atomic E-state index is -0.297. The first kappa shape index (κ1) is 17.5. The Morgan fingerprint density at radius 1 is 1.16 bits per heavy atom. The Bertz CT molecular complexity index is 731. The lowest BCUT2D eigenvalue weighted by Crippen LogP contribution is -2.28. The summed E-state index contributed by atoms with van der Waals surface area (Å²) in [6.07, 6.45) is 2.10. The predicted octanol–water partition coefficient (Wildman–Crippen LogP) is 4.21. The highest BCUT2D eigenvalue weighted by molar-refractivity contribution is 6.31. The predicted molar refractivity (Wildman–Crippen MR) is 97.0 cm³/mol. The van der Waals surface area contributed by atoms with Crippen molar-refractivity contribution in [3.63, 3.8) is 0 Å². The molecule has 2 aromatic rings. The van der Waals surface area contributed by atoms with Gasteiger partial charge in [-0.15, -0.1) is 0 Å². The van der Waals surface area contributed by atoms with Gasteiger partial charge in [0.1, 0.15) is 18.2 Å². The molecule has 0 saturated carbocycles. The van der Waals surface area contributed by atoms with Crippen molar-refractivity contribution < 1.29 is 13.9 Å². The zero-order valence-electron chi connectivity index (χ0n) is 13.8. The Kier molecular flexibility index (Phi) is 5.76. The summed E-state index contributed by atoms with van der Waals surface area (Å²) < 4.78 is 18.4. The average molecular weight is 363 g/mol. The molecule has 1 amide bonds. The number of hydrogen-bond acceptors (Lipinski definition) is 3. The highest BCUT2D eigenvalue weighted by atomic mass is 35.5. The molecule has 1 aliphatic heterocycles. The van der Waals surface area contributed by atoms with Crippen LogP contribution in [0.15, 0.2) is 42.5 Å². The normalized spacial score (nSPS) is 13.8. The average Bonchev–Trinajstić information content (AvgIpc) is 3.14. The lowest BCUT2D eigenvalue weighted by atomic mass is 10.1. The fourth-order valence-corrected chi connectivity index (χ4v) is 3.00. The largest absolute Gasteiger partial charge is 0.492 e. The first-order valence-electron chi connectivity index (χ1n) is 8.34. The summed E-state index contributed by atoms with van der Waals surface area (Å²) in [6, 6.07) is 11.1. The number of nitrogens with one attached hydrogen (secondary N) is 1. The fourth-order valence-electron chi connectivity index (χ4n) is 2.83. The molecule has 1 aliphatic rings. The number of halogens is 2. The Labute approximate surface area is 151 Å². The molecule has 132 valence electrons. The molecule has 0 bridgehead atoms. The third kappa shape index (κ3) is 4.63. The van der Waals surface area contributed by atoms with Crippen LogP contribution in [0.2, 0.25) is 5.02 Å². The van der Waals surface area contributed by atoms with E-state index in [1.807, 2.05) is 4.90 Å². The Hall–Kier alpha value is -2.27. The molecule has 25 heavy (non-hydrogen) atoms. The molecular weight excluding hydrogens is 343 g/mol. The fraction of sp³-hybridized carbons (Fsp3) is 0.316. The molecule has 0 aliphatic carbocycles. The minimum absolute atomic E-state index is 0.0242. The van der Waals surface area contributed by atoms with Crippen LogP contribution in [0.4, 0.5) is 10.1 Å². The van der Waals surface area contributed by atoms with Crippen molar-refractivity contribution in [2.24, 2.45) is 0 Å². The number of benzene rings is 2. The van der Waals surface area contributed by atoms with Gasteiger partial charge in [-0.2, -0.15) is 0 Å². The third-order valence-corrected chi connectivity index (χ3v) is 4.34. The van der Waals surface area contributed by atoms with Crippen LogP contribution in [0.3, 0.4) is 0 Å². The van der Waals surface area contributed by atoms with E-state index in [-0.39, 0.29) is 11.7 Å². The van der Waals surface area contributed by atoms with Crippen LogP contribution in [0.25, 0.3) is 0 Å². The monoisotopic (exact) mass is 362 g/mol. The van der Waals surface area contributed by atoms with Gasteiger partial charge in [-0.3, -0.25) is 4.79 Å². The van der Waals surface area contributed by atoms with E-state index in [0.717, 1.165) is 25.9 Å². The van der Waals surface area contributed by atoms with Crippen molar-refractivity contribution in [3.05, 3.63) is 58.9 Å². The number of ether oxygens (including phenoxy) is 1. The topological polar surface area (TPSA) is 41.6 Å². The van der Waals surface area contributed by atoms with Gasteiger partial charge in [0.15, 0.2) is 0 Å². The number of likely N-dealkylation sites (tertiary alicyclic amines) is 1. The molecule has 1 saturated heterocycles. The molecule has 0 unspecified atom stereocenters. The SMILES string of the molecule is O=C(c1ccc(Cl)cc1NCCOc1ccc(F)cc1)N1CCCC1. The summed E-state index contributed by atoms with van der Waals surface area (Å²) in [6.45, 7) is 2.48. The van der Waals surface area contributed by atoms with E-state index in [9.17, 15) is 9.18 Å². The van der Waals surface area contributed by atoms with Gasteiger partial charge in [-0.05, 0) is 55.3 Å². The maximum absolute atomic E-state index is 12.9. The molecule has 2 aromatic carbocycles. The van der Waals surface area contributed by atoms with Gasteiger partial charge in [0.05, 0.1) is 5.56 Å². The molecule has 0 spiro atoms. The molecule has 1 N–H and O–H groups in total. The minimum Gasteiger partial charge on any atom is -0.492 e. The Morgan fingerprint density at radius 2 is 1.88 bits per heavy atom. The maximum Gasteiger partial charge on any atom is 0.255 e. The van der Waals surface area contributed by atoms with Gasteiger partial charge in [0.2, 0.25) is 0 Å². The van der Waals surface area contributed by atoms with Crippen LogP contribution in [0, 0.1) is 5.82 Å². The van der Waals surface area contributed by atoms with Crippen molar-refractivity contribution in [1.82, 2.24) is 4.90 Å². The van der Waals surface area contributed by atoms with E-state index >= 15 is 0 Å². The zero-order valence-corrected chi connectivity index (χ0v) is 14.6. The molecular formula is C19H20ClFN2O2. The number of amides is 1. The Morgan fingerprint density at radius 3 is 2.60 bits per heavy atom. The van der Waals surface area contributed by atoms with Gasteiger partial charge in [-0.25, -0.2) is 4.39 Å². The van der Waals surface area contributed by atoms with Crippen LogP contribution >= 0.6 is 11.6 Å². The maximum atomic E-state index is 12.9. The number of carbonyl (C=O) groups is 1. The molecule has 1 heterocycles. The van der Waals surface area contributed by atoms with E-state index in [1.165, 1.54) is 12.1 Å². The van der Waals surface area contributed by atoms with E-state index in [1.54, 1.807) is 30.3 Å². The second-order valence-corrected chi connectivity index (χ2v) is 6.35. The quantitative estimate of drug-likeness (QED) is 0.783. The standard InChI is InChI=1S/C19H20ClFN2O2/c20-14-3-8-17(19(24)23-10-1-2-11-23)18(13-14)22-9-12-25-16-6-4-15(21)5-7-16/h3-8,13,22H,1-2,9-12H2. The van der Waals surface area contributed by atoms with Crippen LogP contribution in [-0.2, 0) is 0 Å². The summed E-state index contributed by atoms with van der Waals surface area (Å²) in [5.74, 6) is 0.327. The van der Waals surface area contributed by atoms with Crippen molar-refractivity contribution in [1.29, 1.82) is 0 Å². The van der Waals surface area contributed by atoms with E-state index in [0.29, 0.717) is 35.2 Å². The number of nitrogens with zero attached hydrogens (tertiary/aromatic N) is 1. The number of hydrogen-bond donors (Lipinski definition) is 1. The second kappa shape index (κ2) is 8.21. The van der Waals surface area contributed by atoms with Crippen LogP contribution < -0.4 is 10.1 Å². The van der Waals surface area contributed by atoms with Crippen LogP contribution in [-0.4, -0.2) is 37.0 Å². The highest BCUT2D eigenvalue weighted by Gasteiger charge is 2.21.